The van der Waals surface area contributed by atoms with Crippen molar-refractivity contribution in [3.05, 3.63) is 33.6 Å². The molecule has 0 fully saturated rings. The second kappa shape index (κ2) is 4.89. The number of carbonyl (C=O) groups is 1. The number of nitrogens with zero attached hydrogens (tertiary/aromatic N) is 4. The number of hydrogen-bond donors (Lipinski definition) is 2. The Labute approximate surface area is 108 Å². The zero-order valence-corrected chi connectivity index (χ0v) is 9.85. The molecule has 1 aromatic carbocycles. The van der Waals surface area contributed by atoms with Crippen LogP contribution in [0.4, 0.5) is 20.9 Å². The number of nitrogen functional groups attached to an aromatic ring is 1. The molecule has 0 atom stereocenters. The highest BCUT2D eigenvalue weighted by atomic mass is 32.1. The standard InChI is InChI=1S/C8H5FN6O3S/c9-3-1-4(6(10)5(2-3)15(17)18)7(16)11-8-12-13-14-19-8/h1-2H,10H2,(H,11,12,14,16). The number of aromatic nitrogens is 3. The highest BCUT2D eigenvalue weighted by Crippen LogP contribution is 2.27. The molecule has 11 heteroatoms. The van der Waals surface area contributed by atoms with Crippen LogP contribution in [0.2, 0.25) is 0 Å². The van der Waals surface area contributed by atoms with Crippen molar-refractivity contribution < 1.29 is 14.1 Å². The molecule has 19 heavy (non-hydrogen) atoms. The van der Waals surface area contributed by atoms with Gasteiger partial charge in [-0.15, -0.1) is 0 Å². The number of anilines is 2. The van der Waals surface area contributed by atoms with Crippen molar-refractivity contribution in [1.29, 1.82) is 0 Å². The summed E-state index contributed by atoms with van der Waals surface area (Å²) in [6.07, 6.45) is 0. The van der Waals surface area contributed by atoms with E-state index in [1.807, 2.05) is 0 Å². The van der Waals surface area contributed by atoms with Crippen LogP contribution in [0, 0.1) is 15.9 Å². The van der Waals surface area contributed by atoms with Crippen LogP contribution in [0.15, 0.2) is 12.1 Å². The molecule has 0 unspecified atom stereocenters. The average Bonchev–Trinajstić information content (AvgIpc) is 2.84. The third-order valence-corrected chi connectivity index (χ3v) is 2.60. The molecule has 0 saturated carbocycles. The van der Waals surface area contributed by atoms with E-state index >= 15 is 0 Å². The van der Waals surface area contributed by atoms with E-state index in [4.69, 9.17) is 5.73 Å². The van der Waals surface area contributed by atoms with Crippen LogP contribution >= 0.6 is 11.5 Å². The van der Waals surface area contributed by atoms with Crippen LogP contribution in [0.3, 0.4) is 0 Å². The maximum absolute atomic E-state index is 13.2. The fraction of sp³-hybridized carbons (Fsp3) is 0. The minimum Gasteiger partial charge on any atom is -0.393 e. The van der Waals surface area contributed by atoms with E-state index in [9.17, 15) is 19.3 Å². The lowest BCUT2D eigenvalue weighted by atomic mass is 10.1. The van der Waals surface area contributed by atoms with Crippen LogP contribution in [-0.2, 0) is 0 Å². The first-order chi connectivity index (χ1) is 8.99. The molecule has 9 nitrogen and oxygen atoms in total. The minimum absolute atomic E-state index is 0.0660. The normalized spacial score (nSPS) is 10.2. The first-order valence-electron chi connectivity index (χ1n) is 4.69. The lowest BCUT2D eigenvalue weighted by Gasteiger charge is -2.05. The Kier molecular flexibility index (Phi) is 3.29. The topological polar surface area (TPSA) is 137 Å². The Morgan fingerprint density at radius 3 is 2.84 bits per heavy atom. The van der Waals surface area contributed by atoms with Crippen molar-refractivity contribution in [2.24, 2.45) is 0 Å². The summed E-state index contributed by atoms with van der Waals surface area (Å²) in [4.78, 5) is 21.6. The van der Waals surface area contributed by atoms with Gasteiger partial charge in [-0.3, -0.25) is 20.2 Å². The molecule has 1 amide bonds. The largest absolute Gasteiger partial charge is 0.393 e. The quantitative estimate of drug-likeness (QED) is 0.483. The molecule has 0 radical (unpaired) electrons. The van der Waals surface area contributed by atoms with E-state index in [0.29, 0.717) is 6.07 Å². The van der Waals surface area contributed by atoms with Crippen molar-refractivity contribution in [1.82, 2.24) is 14.8 Å². The molecule has 0 saturated heterocycles. The monoisotopic (exact) mass is 284 g/mol. The van der Waals surface area contributed by atoms with Gasteiger partial charge in [-0.25, -0.2) is 4.39 Å². The van der Waals surface area contributed by atoms with Crippen LogP contribution in [0.5, 0.6) is 0 Å². The number of hydrogen-bond acceptors (Lipinski definition) is 8. The molecule has 0 bridgehead atoms. The summed E-state index contributed by atoms with van der Waals surface area (Å²) in [5.41, 5.74) is 4.00. The summed E-state index contributed by atoms with van der Waals surface area (Å²) in [5, 5.41) is 19.7. The summed E-state index contributed by atoms with van der Waals surface area (Å²) in [7, 11) is 0. The van der Waals surface area contributed by atoms with Gasteiger partial charge in [0.2, 0.25) is 5.13 Å². The Balaban J connectivity index is 2.39. The molecule has 3 N–H and O–H groups in total. The third-order valence-electron chi connectivity index (χ3n) is 2.08. The third kappa shape index (κ3) is 2.60. The fourth-order valence-electron chi connectivity index (χ4n) is 1.29. The van der Waals surface area contributed by atoms with Gasteiger partial charge in [0.25, 0.3) is 11.6 Å². The molecule has 0 spiro atoms. The second-order valence-electron chi connectivity index (χ2n) is 3.26. The summed E-state index contributed by atoms with van der Waals surface area (Å²) >= 11 is 0.794. The average molecular weight is 284 g/mol. The number of nitrogens with one attached hydrogen (secondary N) is 1. The van der Waals surface area contributed by atoms with Gasteiger partial charge in [0.1, 0.15) is 11.5 Å². The first-order valence-corrected chi connectivity index (χ1v) is 5.46. The molecule has 0 aliphatic rings. The number of amides is 1. The van der Waals surface area contributed by atoms with E-state index in [-0.39, 0.29) is 10.7 Å². The number of nitro benzene ring substituents is 1. The van der Waals surface area contributed by atoms with Gasteiger partial charge in [-0.1, -0.05) is 9.59 Å². The van der Waals surface area contributed by atoms with Crippen LogP contribution < -0.4 is 11.1 Å². The van der Waals surface area contributed by atoms with Crippen LogP contribution in [0.1, 0.15) is 10.4 Å². The van der Waals surface area contributed by atoms with Gasteiger partial charge in [0.05, 0.1) is 16.6 Å². The van der Waals surface area contributed by atoms with E-state index in [1.165, 1.54) is 0 Å². The van der Waals surface area contributed by atoms with E-state index in [0.717, 1.165) is 17.6 Å². The Hall–Kier alpha value is -2.69. The Morgan fingerprint density at radius 2 is 2.26 bits per heavy atom. The van der Waals surface area contributed by atoms with Gasteiger partial charge in [0, 0.05) is 11.5 Å². The second-order valence-corrected chi connectivity index (χ2v) is 4.00. The molecule has 1 aromatic heterocycles. The fourth-order valence-corrected chi connectivity index (χ4v) is 1.65. The molecule has 1 heterocycles. The van der Waals surface area contributed by atoms with E-state index < -0.39 is 28.0 Å². The minimum atomic E-state index is -0.943. The first kappa shape index (κ1) is 12.8. The summed E-state index contributed by atoms with van der Waals surface area (Å²) < 4.78 is 16.6. The number of benzene rings is 1. The Morgan fingerprint density at radius 1 is 1.53 bits per heavy atom. The van der Waals surface area contributed by atoms with Crippen molar-refractivity contribution in [3.8, 4) is 0 Å². The Bertz CT molecular complexity index is 646. The highest BCUT2D eigenvalue weighted by molar-refractivity contribution is 7.09. The van der Waals surface area contributed by atoms with Crippen molar-refractivity contribution >= 4 is 33.9 Å². The predicted molar refractivity (Wildman–Crippen MR) is 63.1 cm³/mol. The van der Waals surface area contributed by atoms with Crippen LogP contribution in [0.25, 0.3) is 0 Å². The molecule has 2 rings (SSSR count). The molecule has 98 valence electrons. The van der Waals surface area contributed by atoms with Crippen molar-refractivity contribution in [3.63, 3.8) is 0 Å². The SMILES string of the molecule is Nc1c(C(=O)Nc2nnns2)cc(F)cc1[N+](=O)[O-]. The van der Waals surface area contributed by atoms with Gasteiger partial charge < -0.3 is 5.73 Å². The lowest BCUT2D eigenvalue weighted by Crippen LogP contribution is -2.15. The maximum Gasteiger partial charge on any atom is 0.295 e. The summed E-state index contributed by atoms with van der Waals surface area (Å²) in [6.45, 7) is 0. The maximum atomic E-state index is 13.2. The molecule has 2 aromatic rings. The van der Waals surface area contributed by atoms with Gasteiger partial charge in [0.15, 0.2) is 0 Å². The van der Waals surface area contributed by atoms with Crippen LogP contribution in [-0.4, -0.2) is 25.6 Å². The van der Waals surface area contributed by atoms with Gasteiger partial charge in [-0.2, -0.15) is 0 Å². The number of halogens is 1. The zero-order valence-electron chi connectivity index (χ0n) is 9.03. The van der Waals surface area contributed by atoms with E-state index in [1.54, 1.807) is 0 Å². The number of nitrogens with two attached hydrogens (primary N) is 1. The number of nitro groups is 1. The van der Waals surface area contributed by atoms with Crippen molar-refractivity contribution in [2.75, 3.05) is 11.1 Å². The predicted octanol–water partition coefficient (Wildman–Crippen LogP) is 0.815. The molecule has 0 aliphatic heterocycles. The smallest absolute Gasteiger partial charge is 0.295 e. The van der Waals surface area contributed by atoms with Gasteiger partial charge >= 0.3 is 0 Å². The van der Waals surface area contributed by atoms with Crippen molar-refractivity contribution in [2.45, 2.75) is 0 Å². The lowest BCUT2D eigenvalue weighted by molar-refractivity contribution is -0.384. The highest BCUT2D eigenvalue weighted by Gasteiger charge is 2.22. The zero-order chi connectivity index (χ0) is 14.0. The molecular weight excluding hydrogens is 279 g/mol. The number of carbonyl (C=O) groups excluding carboxylic acids is 1. The van der Waals surface area contributed by atoms with Gasteiger partial charge in [-0.05, 0) is 11.3 Å². The number of rotatable bonds is 3. The summed E-state index contributed by atoms with van der Waals surface area (Å²) in [5.74, 6) is -1.78. The summed E-state index contributed by atoms with van der Waals surface area (Å²) in [6, 6.07) is 1.44. The van der Waals surface area contributed by atoms with E-state index in [2.05, 4.69) is 20.1 Å². The molecule has 0 aliphatic carbocycles. The molecular formula is C8H5FN6O3S.